The second kappa shape index (κ2) is 8.70. The summed E-state index contributed by atoms with van der Waals surface area (Å²) in [6, 6.07) is 4.51. The molecule has 0 spiro atoms. The van der Waals surface area contributed by atoms with Crippen LogP contribution >= 0.6 is 11.6 Å². The summed E-state index contributed by atoms with van der Waals surface area (Å²) < 4.78 is 6.75. The average molecular weight is 472 g/mol. The Balaban J connectivity index is 1.85. The van der Waals surface area contributed by atoms with Crippen LogP contribution in [-0.4, -0.2) is 33.0 Å². The summed E-state index contributed by atoms with van der Waals surface area (Å²) in [6.07, 6.45) is 0.636. The second-order valence-electron chi connectivity index (χ2n) is 7.98. The highest BCUT2D eigenvalue weighted by atomic mass is 35.5. The number of carbonyl (C=O) groups is 2. The predicted molar refractivity (Wildman–Crippen MR) is 125 cm³/mol. The zero-order valence-electron chi connectivity index (χ0n) is 18.2. The Morgan fingerprint density at radius 3 is 2.73 bits per heavy atom. The minimum absolute atomic E-state index is 0.0162. The van der Waals surface area contributed by atoms with E-state index in [4.69, 9.17) is 16.3 Å². The van der Waals surface area contributed by atoms with Crippen LogP contribution in [0.3, 0.4) is 0 Å². The van der Waals surface area contributed by atoms with Crippen LogP contribution in [0.5, 0.6) is 5.75 Å². The van der Waals surface area contributed by atoms with Crippen molar-refractivity contribution >= 4 is 45.8 Å². The van der Waals surface area contributed by atoms with E-state index in [-0.39, 0.29) is 45.7 Å². The van der Waals surface area contributed by atoms with Crippen LogP contribution < -0.4 is 26.6 Å². The lowest BCUT2D eigenvalue weighted by Crippen LogP contribution is -2.32. The van der Waals surface area contributed by atoms with Crippen LogP contribution in [0.15, 0.2) is 27.8 Å². The van der Waals surface area contributed by atoms with Crippen molar-refractivity contribution in [2.45, 2.75) is 39.7 Å². The number of carbonyl (C=O) groups excluding carboxylic acids is 2. The van der Waals surface area contributed by atoms with Crippen molar-refractivity contribution in [3.8, 4) is 5.75 Å². The van der Waals surface area contributed by atoms with Gasteiger partial charge in [0.2, 0.25) is 0 Å². The van der Waals surface area contributed by atoms with Gasteiger partial charge in [0.1, 0.15) is 5.75 Å². The minimum Gasteiger partial charge on any atom is -0.482 e. The van der Waals surface area contributed by atoms with Gasteiger partial charge in [-0.25, -0.2) is 9.78 Å². The van der Waals surface area contributed by atoms with Crippen molar-refractivity contribution in [2.24, 2.45) is 0 Å². The van der Waals surface area contributed by atoms with Crippen LogP contribution in [-0.2, 0) is 11.3 Å². The lowest BCUT2D eigenvalue weighted by molar-refractivity contribution is -0.118. The Morgan fingerprint density at radius 1 is 1.27 bits per heavy atom. The SMILES string of the molecule is CCCn1c(=O)[nH]c(=O)c2c(C(=O)Nc3cc4c(cc3Cl)NC(=O)CO4)cc(C(C)C)nc21. The molecule has 1 aliphatic rings. The van der Waals surface area contributed by atoms with Gasteiger partial charge in [0.05, 0.1) is 27.3 Å². The van der Waals surface area contributed by atoms with Crippen molar-refractivity contribution < 1.29 is 14.3 Å². The molecule has 0 fully saturated rings. The maximum Gasteiger partial charge on any atom is 0.329 e. The van der Waals surface area contributed by atoms with Crippen molar-refractivity contribution in [3.05, 3.63) is 55.3 Å². The Labute approximate surface area is 192 Å². The molecule has 3 N–H and O–H groups in total. The molecule has 0 saturated carbocycles. The normalized spacial score (nSPS) is 12.9. The first-order chi connectivity index (χ1) is 15.7. The molecule has 1 aromatic carbocycles. The summed E-state index contributed by atoms with van der Waals surface area (Å²) in [7, 11) is 0. The molecular formula is C22H22ClN5O5. The van der Waals surface area contributed by atoms with E-state index in [1.54, 1.807) is 6.07 Å². The van der Waals surface area contributed by atoms with Gasteiger partial charge < -0.3 is 15.4 Å². The third-order valence-electron chi connectivity index (χ3n) is 5.20. The summed E-state index contributed by atoms with van der Waals surface area (Å²) in [5.41, 5.74) is 0.146. The first-order valence-electron chi connectivity index (χ1n) is 10.4. The van der Waals surface area contributed by atoms with Gasteiger partial charge in [-0.3, -0.25) is 23.9 Å². The van der Waals surface area contributed by atoms with E-state index in [0.717, 1.165) is 0 Å². The fraction of sp³-hybridized carbons (Fsp3) is 0.318. The average Bonchev–Trinajstić information content (AvgIpc) is 2.76. The summed E-state index contributed by atoms with van der Waals surface area (Å²) >= 11 is 6.31. The quantitative estimate of drug-likeness (QED) is 0.523. The molecular weight excluding hydrogens is 450 g/mol. The molecule has 0 unspecified atom stereocenters. The fourth-order valence-corrected chi connectivity index (χ4v) is 3.80. The lowest BCUT2D eigenvalue weighted by Gasteiger charge is -2.20. The zero-order chi connectivity index (χ0) is 23.9. The van der Waals surface area contributed by atoms with E-state index in [1.165, 1.54) is 16.7 Å². The smallest absolute Gasteiger partial charge is 0.329 e. The summed E-state index contributed by atoms with van der Waals surface area (Å²) in [5, 5.41) is 5.54. The van der Waals surface area contributed by atoms with Crippen LogP contribution in [0.4, 0.5) is 11.4 Å². The second-order valence-corrected chi connectivity index (χ2v) is 8.39. The third kappa shape index (κ3) is 4.21. The molecule has 3 heterocycles. The number of nitrogens with zero attached hydrogens (tertiary/aromatic N) is 2. The van der Waals surface area contributed by atoms with Crippen molar-refractivity contribution in [2.75, 3.05) is 17.2 Å². The molecule has 0 radical (unpaired) electrons. The first-order valence-corrected chi connectivity index (χ1v) is 10.8. The molecule has 0 bridgehead atoms. The van der Waals surface area contributed by atoms with Crippen molar-refractivity contribution in [1.29, 1.82) is 0 Å². The number of amides is 2. The highest BCUT2D eigenvalue weighted by Gasteiger charge is 2.23. The molecule has 0 saturated heterocycles. The summed E-state index contributed by atoms with van der Waals surface area (Å²) in [5.74, 6) is -0.614. The fourth-order valence-electron chi connectivity index (χ4n) is 3.58. The number of ether oxygens (including phenoxy) is 1. The molecule has 2 amide bonds. The Morgan fingerprint density at radius 2 is 2.03 bits per heavy atom. The third-order valence-corrected chi connectivity index (χ3v) is 5.51. The number of hydrogen-bond donors (Lipinski definition) is 3. The van der Waals surface area contributed by atoms with Crippen LogP contribution in [0.1, 0.15) is 49.2 Å². The van der Waals surface area contributed by atoms with Crippen LogP contribution in [0, 0.1) is 0 Å². The van der Waals surface area contributed by atoms with Crippen LogP contribution in [0.2, 0.25) is 5.02 Å². The van der Waals surface area contributed by atoms with Gasteiger partial charge in [0, 0.05) is 18.3 Å². The number of aryl methyl sites for hydroxylation is 1. The van der Waals surface area contributed by atoms with Crippen molar-refractivity contribution in [3.63, 3.8) is 0 Å². The Bertz CT molecular complexity index is 1410. The molecule has 1 aliphatic heterocycles. The standard InChI is InChI=1S/C22H22ClN5O5/c1-4-5-28-19-18(21(31)27-22(28)32)11(6-13(25-19)10(2)3)20(30)26-14-8-16-15(7-12(14)23)24-17(29)9-33-16/h6-8,10H,4-5,9H2,1-3H3,(H,24,29)(H,26,30)(H,27,31,32). The van der Waals surface area contributed by atoms with Gasteiger partial charge in [-0.2, -0.15) is 0 Å². The molecule has 3 aromatic rings. The number of rotatable bonds is 5. The van der Waals surface area contributed by atoms with Gasteiger partial charge in [-0.05, 0) is 24.5 Å². The number of nitrogens with one attached hydrogen (secondary N) is 3. The molecule has 4 rings (SSSR count). The predicted octanol–water partition coefficient (Wildman–Crippen LogP) is 2.85. The largest absolute Gasteiger partial charge is 0.482 e. The number of aromatic amines is 1. The number of anilines is 2. The van der Waals surface area contributed by atoms with Gasteiger partial charge in [0.15, 0.2) is 12.3 Å². The molecule has 0 atom stereocenters. The van der Waals surface area contributed by atoms with Gasteiger partial charge in [-0.15, -0.1) is 0 Å². The molecule has 172 valence electrons. The number of fused-ring (bicyclic) bond motifs is 2. The number of benzene rings is 1. The molecule has 33 heavy (non-hydrogen) atoms. The summed E-state index contributed by atoms with van der Waals surface area (Å²) in [6.45, 7) is 5.88. The van der Waals surface area contributed by atoms with E-state index in [1.807, 2.05) is 20.8 Å². The summed E-state index contributed by atoms with van der Waals surface area (Å²) in [4.78, 5) is 56.8. The number of pyridine rings is 1. The number of halogens is 1. The van der Waals surface area contributed by atoms with E-state index in [0.29, 0.717) is 30.1 Å². The lowest BCUT2D eigenvalue weighted by atomic mass is 10.0. The van der Waals surface area contributed by atoms with E-state index < -0.39 is 17.2 Å². The Hall–Kier alpha value is -3.66. The molecule has 0 aliphatic carbocycles. The van der Waals surface area contributed by atoms with Gasteiger partial charge in [0.25, 0.3) is 17.4 Å². The highest BCUT2D eigenvalue weighted by molar-refractivity contribution is 6.34. The minimum atomic E-state index is -0.696. The van der Waals surface area contributed by atoms with Gasteiger partial charge in [-0.1, -0.05) is 32.4 Å². The zero-order valence-corrected chi connectivity index (χ0v) is 19.0. The van der Waals surface area contributed by atoms with Crippen LogP contribution in [0.25, 0.3) is 11.0 Å². The van der Waals surface area contributed by atoms with E-state index in [9.17, 15) is 19.2 Å². The monoisotopic (exact) mass is 471 g/mol. The van der Waals surface area contributed by atoms with Gasteiger partial charge >= 0.3 is 5.69 Å². The highest BCUT2D eigenvalue weighted by Crippen LogP contribution is 2.36. The maximum atomic E-state index is 13.3. The van der Waals surface area contributed by atoms with E-state index >= 15 is 0 Å². The number of hydrogen-bond acceptors (Lipinski definition) is 6. The number of H-pyrrole nitrogens is 1. The maximum absolute atomic E-state index is 13.3. The van der Waals surface area contributed by atoms with E-state index in [2.05, 4.69) is 20.6 Å². The molecule has 11 heteroatoms. The molecule has 10 nitrogen and oxygen atoms in total. The van der Waals surface area contributed by atoms with Crippen molar-refractivity contribution in [1.82, 2.24) is 14.5 Å². The number of aromatic nitrogens is 3. The topological polar surface area (TPSA) is 135 Å². The first kappa shape index (κ1) is 22.5. The molecule has 2 aromatic heterocycles. The Kier molecular flexibility index (Phi) is 5.94.